The highest BCUT2D eigenvalue weighted by Crippen LogP contribution is 2.31. The summed E-state index contributed by atoms with van der Waals surface area (Å²) in [5, 5.41) is 12.1. The third kappa shape index (κ3) is 2.78. The number of rotatable bonds is 1. The van der Waals surface area contributed by atoms with Crippen LogP contribution in [0.1, 0.15) is 39.0 Å². The number of hydrogen-bond donors (Lipinski definition) is 1. The summed E-state index contributed by atoms with van der Waals surface area (Å²) in [4.78, 5) is 14.2. The predicted molar refractivity (Wildman–Crippen MR) is 65.2 cm³/mol. The van der Waals surface area contributed by atoms with Gasteiger partial charge < -0.3 is 5.32 Å². The Balaban J connectivity index is 1.95. The first-order chi connectivity index (χ1) is 8.14. The SMILES string of the molecule is CC1(C#N)CCN(C2CCCCNC2=O)CC1. The highest BCUT2D eigenvalue weighted by atomic mass is 16.2. The van der Waals surface area contributed by atoms with E-state index in [4.69, 9.17) is 5.26 Å². The summed E-state index contributed by atoms with van der Waals surface area (Å²) >= 11 is 0. The first-order valence-corrected chi connectivity index (χ1v) is 6.58. The molecule has 2 aliphatic heterocycles. The molecule has 2 aliphatic rings. The zero-order valence-corrected chi connectivity index (χ0v) is 10.5. The van der Waals surface area contributed by atoms with Crippen molar-refractivity contribution in [1.82, 2.24) is 10.2 Å². The predicted octanol–water partition coefficient (Wildman–Crippen LogP) is 1.28. The van der Waals surface area contributed by atoms with Gasteiger partial charge in [-0.15, -0.1) is 0 Å². The number of carbonyl (C=O) groups is 1. The molecule has 1 atom stereocenters. The minimum atomic E-state index is -0.183. The molecule has 0 aromatic heterocycles. The van der Waals surface area contributed by atoms with Crippen molar-refractivity contribution >= 4 is 5.91 Å². The largest absolute Gasteiger partial charge is 0.355 e. The number of nitriles is 1. The molecule has 0 aromatic rings. The van der Waals surface area contributed by atoms with Crippen LogP contribution in [0.4, 0.5) is 0 Å². The standard InChI is InChI=1S/C13H21N3O/c1-13(10-14)5-8-16(9-6-13)11-4-2-3-7-15-12(11)17/h11H,2-9H2,1H3,(H,15,17). The minimum Gasteiger partial charge on any atom is -0.355 e. The lowest BCUT2D eigenvalue weighted by molar-refractivity contribution is -0.126. The van der Waals surface area contributed by atoms with E-state index < -0.39 is 0 Å². The Labute approximate surface area is 103 Å². The van der Waals surface area contributed by atoms with Gasteiger partial charge in [0.2, 0.25) is 5.91 Å². The molecule has 0 aromatic carbocycles. The van der Waals surface area contributed by atoms with Crippen LogP contribution in [-0.2, 0) is 4.79 Å². The summed E-state index contributed by atoms with van der Waals surface area (Å²) < 4.78 is 0. The second-order valence-corrected chi connectivity index (χ2v) is 5.51. The van der Waals surface area contributed by atoms with Crippen molar-refractivity contribution in [2.24, 2.45) is 5.41 Å². The van der Waals surface area contributed by atoms with Crippen LogP contribution in [0, 0.1) is 16.7 Å². The van der Waals surface area contributed by atoms with Gasteiger partial charge in [-0.25, -0.2) is 0 Å². The molecule has 1 unspecified atom stereocenters. The lowest BCUT2D eigenvalue weighted by Gasteiger charge is -2.38. The molecule has 0 saturated carbocycles. The van der Waals surface area contributed by atoms with Crippen LogP contribution < -0.4 is 5.32 Å². The molecule has 4 heteroatoms. The molecule has 0 radical (unpaired) electrons. The Hall–Kier alpha value is -1.08. The summed E-state index contributed by atoms with van der Waals surface area (Å²) in [6.45, 7) is 4.60. The highest BCUT2D eigenvalue weighted by Gasteiger charge is 2.35. The second-order valence-electron chi connectivity index (χ2n) is 5.51. The molecule has 94 valence electrons. The van der Waals surface area contributed by atoms with Crippen molar-refractivity contribution in [3.63, 3.8) is 0 Å². The quantitative estimate of drug-likeness (QED) is 0.745. The number of carbonyl (C=O) groups excluding carboxylic acids is 1. The fraction of sp³-hybridized carbons (Fsp3) is 0.846. The second kappa shape index (κ2) is 5.05. The van der Waals surface area contributed by atoms with Crippen molar-refractivity contribution in [3.8, 4) is 6.07 Å². The van der Waals surface area contributed by atoms with Crippen LogP contribution in [-0.4, -0.2) is 36.5 Å². The zero-order chi connectivity index (χ0) is 12.3. The minimum absolute atomic E-state index is 0.0424. The lowest BCUT2D eigenvalue weighted by Crippen LogP contribution is -2.50. The van der Waals surface area contributed by atoms with E-state index in [2.05, 4.69) is 16.3 Å². The van der Waals surface area contributed by atoms with Crippen molar-refractivity contribution in [2.75, 3.05) is 19.6 Å². The van der Waals surface area contributed by atoms with Gasteiger partial charge in [0.1, 0.15) is 0 Å². The van der Waals surface area contributed by atoms with Crippen molar-refractivity contribution in [1.29, 1.82) is 5.26 Å². The number of piperidine rings is 1. The van der Waals surface area contributed by atoms with Gasteiger partial charge in [-0.05, 0) is 39.0 Å². The van der Waals surface area contributed by atoms with E-state index in [1.54, 1.807) is 0 Å². The monoisotopic (exact) mass is 235 g/mol. The first kappa shape index (κ1) is 12.4. The zero-order valence-electron chi connectivity index (χ0n) is 10.5. The molecule has 0 aliphatic carbocycles. The Kier molecular flexibility index (Phi) is 3.68. The molecule has 2 saturated heterocycles. The fourth-order valence-electron chi connectivity index (χ4n) is 2.71. The third-order valence-corrected chi connectivity index (χ3v) is 4.12. The summed E-state index contributed by atoms with van der Waals surface area (Å²) in [6, 6.07) is 2.44. The summed E-state index contributed by atoms with van der Waals surface area (Å²) in [6.07, 6.45) is 4.94. The Morgan fingerprint density at radius 3 is 2.76 bits per heavy atom. The molecule has 4 nitrogen and oxygen atoms in total. The maximum atomic E-state index is 11.9. The van der Waals surface area contributed by atoms with Gasteiger partial charge in [0, 0.05) is 19.6 Å². The normalized spacial score (nSPS) is 30.1. The van der Waals surface area contributed by atoms with E-state index in [1.165, 1.54) is 0 Å². The molecule has 2 fully saturated rings. The maximum absolute atomic E-state index is 11.9. The molecule has 1 N–H and O–H groups in total. The molecule has 1 amide bonds. The van der Waals surface area contributed by atoms with E-state index in [0.717, 1.165) is 51.7 Å². The summed E-state index contributed by atoms with van der Waals surface area (Å²) in [7, 11) is 0. The van der Waals surface area contributed by atoms with Gasteiger partial charge in [0.05, 0.1) is 17.5 Å². The van der Waals surface area contributed by atoms with Crippen molar-refractivity contribution < 1.29 is 4.79 Å². The fourth-order valence-corrected chi connectivity index (χ4v) is 2.71. The van der Waals surface area contributed by atoms with Gasteiger partial charge >= 0.3 is 0 Å². The summed E-state index contributed by atoms with van der Waals surface area (Å²) in [5.41, 5.74) is -0.183. The number of hydrogen-bond acceptors (Lipinski definition) is 3. The average molecular weight is 235 g/mol. The molecular weight excluding hydrogens is 214 g/mol. The highest BCUT2D eigenvalue weighted by molar-refractivity contribution is 5.81. The van der Waals surface area contributed by atoms with Gasteiger partial charge in [-0.3, -0.25) is 9.69 Å². The number of nitrogens with zero attached hydrogens (tertiary/aromatic N) is 2. The van der Waals surface area contributed by atoms with E-state index >= 15 is 0 Å². The van der Waals surface area contributed by atoms with Crippen molar-refractivity contribution in [2.45, 2.75) is 45.1 Å². The third-order valence-electron chi connectivity index (χ3n) is 4.12. The molecular formula is C13H21N3O. The molecule has 2 rings (SSSR count). The van der Waals surface area contributed by atoms with Gasteiger partial charge in [0.25, 0.3) is 0 Å². The average Bonchev–Trinajstić information content (AvgIpc) is 2.55. The van der Waals surface area contributed by atoms with Gasteiger partial charge in [0.15, 0.2) is 0 Å². The number of nitrogens with one attached hydrogen (secondary N) is 1. The Morgan fingerprint density at radius 1 is 1.41 bits per heavy atom. The lowest BCUT2D eigenvalue weighted by atomic mass is 9.81. The van der Waals surface area contributed by atoms with Crippen molar-refractivity contribution in [3.05, 3.63) is 0 Å². The maximum Gasteiger partial charge on any atom is 0.237 e. The molecule has 0 spiro atoms. The van der Waals surface area contributed by atoms with Gasteiger partial charge in [-0.1, -0.05) is 0 Å². The first-order valence-electron chi connectivity index (χ1n) is 6.58. The van der Waals surface area contributed by atoms with Crippen LogP contribution in [0.5, 0.6) is 0 Å². The smallest absolute Gasteiger partial charge is 0.237 e. The van der Waals surface area contributed by atoms with Crippen LogP contribution in [0.2, 0.25) is 0 Å². The van der Waals surface area contributed by atoms with Gasteiger partial charge in [-0.2, -0.15) is 5.26 Å². The van der Waals surface area contributed by atoms with E-state index in [9.17, 15) is 4.79 Å². The van der Waals surface area contributed by atoms with Crippen LogP contribution in [0.3, 0.4) is 0 Å². The molecule has 17 heavy (non-hydrogen) atoms. The Morgan fingerprint density at radius 2 is 2.12 bits per heavy atom. The number of likely N-dealkylation sites (tertiary alicyclic amines) is 1. The van der Waals surface area contributed by atoms with E-state index in [-0.39, 0.29) is 17.4 Å². The van der Waals surface area contributed by atoms with E-state index in [0.29, 0.717) is 0 Å². The molecule has 0 bridgehead atoms. The topological polar surface area (TPSA) is 56.1 Å². The Bertz CT molecular complexity index is 326. The van der Waals surface area contributed by atoms with Crippen LogP contribution in [0.25, 0.3) is 0 Å². The summed E-state index contributed by atoms with van der Waals surface area (Å²) in [5.74, 6) is 0.183. The van der Waals surface area contributed by atoms with Crippen LogP contribution in [0.15, 0.2) is 0 Å². The van der Waals surface area contributed by atoms with E-state index in [1.807, 2.05) is 6.92 Å². The molecule has 2 heterocycles. The number of amides is 1. The van der Waals surface area contributed by atoms with Crippen LogP contribution >= 0.6 is 0 Å².